The molecule has 0 spiro atoms. The second-order valence-corrected chi connectivity index (χ2v) is 7.38. The SMILES string of the molecule is CNC1CCCN(CC(=O)Nc2cc(S(N)(=O)=O)ccc2OC)C1.Cl. The Hall–Kier alpha value is -1.39. The molecular weight excluding hydrogens is 368 g/mol. The van der Waals surface area contributed by atoms with Gasteiger partial charge in [0, 0.05) is 12.6 Å². The fraction of sp³-hybridized carbons (Fsp3) is 0.533. The zero-order chi connectivity index (χ0) is 17.7. The first-order chi connectivity index (χ1) is 11.3. The van der Waals surface area contributed by atoms with Gasteiger partial charge in [0.15, 0.2) is 0 Å². The van der Waals surface area contributed by atoms with Gasteiger partial charge in [-0.25, -0.2) is 13.6 Å². The van der Waals surface area contributed by atoms with Crippen LogP contribution in [0.5, 0.6) is 5.75 Å². The van der Waals surface area contributed by atoms with Gasteiger partial charge in [0.05, 0.1) is 24.2 Å². The third-order valence-electron chi connectivity index (χ3n) is 4.05. The van der Waals surface area contributed by atoms with Gasteiger partial charge in [0.1, 0.15) is 5.75 Å². The molecule has 1 amide bonds. The smallest absolute Gasteiger partial charge is 0.238 e. The highest BCUT2D eigenvalue weighted by Gasteiger charge is 2.21. The lowest BCUT2D eigenvalue weighted by Crippen LogP contribution is -2.46. The largest absolute Gasteiger partial charge is 0.495 e. The Bertz CT molecular complexity index is 699. The van der Waals surface area contributed by atoms with Crippen molar-refractivity contribution in [3.8, 4) is 5.75 Å². The fourth-order valence-corrected chi connectivity index (χ4v) is 3.33. The number of halogens is 1. The van der Waals surface area contributed by atoms with Crippen LogP contribution in [0.1, 0.15) is 12.8 Å². The Labute approximate surface area is 154 Å². The number of hydrogen-bond donors (Lipinski definition) is 3. The van der Waals surface area contributed by atoms with Crippen molar-refractivity contribution >= 4 is 34.0 Å². The lowest BCUT2D eigenvalue weighted by molar-refractivity contribution is -0.117. The number of methoxy groups -OCH3 is 1. The molecule has 1 saturated heterocycles. The predicted octanol–water partition coefficient (Wildman–Crippen LogP) is 0.387. The Kier molecular flexibility index (Phi) is 8.10. The molecule has 2 rings (SSSR count). The van der Waals surface area contributed by atoms with Gasteiger partial charge in [-0.2, -0.15) is 0 Å². The maximum absolute atomic E-state index is 12.3. The number of amides is 1. The summed E-state index contributed by atoms with van der Waals surface area (Å²) in [6.45, 7) is 1.90. The van der Waals surface area contributed by atoms with Gasteiger partial charge in [0.2, 0.25) is 15.9 Å². The molecule has 25 heavy (non-hydrogen) atoms. The average molecular weight is 393 g/mol. The number of nitrogens with zero attached hydrogens (tertiary/aromatic N) is 1. The van der Waals surface area contributed by atoms with E-state index < -0.39 is 10.0 Å². The van der Waals surface area contributed by atoms with Crippen LogP contribution in [0.25, 0.3) is 0 Å². The van der Waals surface area contributed by atoms with Crippen LogP contribution in [-0.2, 0) is 14.8 Å². The molecule has 1 aromatic carbocycles. The van der Waals surface area contributed by atoms with Crippen molar-refractivity contribution in [3.63, 3.8) is 0 Å². The number of piperidine rings is 1. The lowest BCUT2D eigenvalue weighted by atomic mass is 10.1. The number of anilines is 1. The van der Waals surface area contributed by atoms with Crippen molar-refractivity contribution < 1.29 is 17.9 Å². The number of nitrogens with two attached hydrogens (primary N) is 1. The summed E-state index contributed by atoms with van der Waals surface area (Å²) in [6.07, 6.45) is 2.13. The Balaban J connectivity index is 0.00000312. The van der Waals surface area contributed by atoms with Crippen molar-refractivity contribution in [1.29, 1.82) is 0 Å². The Morgan fingerprint density at radius 2 is 2.16 bits per heavy atom. The summed E-state index contributed by atoms with van der Waals surface area (Å²) in [5.74, 6) is 0.152. The van der Waals surface area contributed by atoms with Crippen LogP contribution < -0.4 is 20.5 Å². The lowest BCUT2D eigenvalue weighted by Gasteiger charge is -2.31. The van der Waals surface area contributed by atoms with Crippen LogP contribution >= 0.6 is 12.4 Å². The number of carbonyl (C=O) groups excluding carboxylic acids is 1. The van der Waals surface area contributed by atoms with Gasteiger partial charge in [-0.15, -0.1) is 12.4 Å². The molecule has 0 saturated carbocycles. The normalized spacial score (nSPS) is 18.3. The van der Waals surface area contributed by atoms with E-state index in [4.69, 9.17) is 9.88 Å². The standard InChI is InChI=1S/C15H24N4O4S.ClH/c1-17-11-4-3-7-19(9-11)10-15(20)18-13-8-12(24(16,21)22)5-6-14(13)23-2;/h5-6,8,11,17H,3-4,7,9-10H2,1-2H3,(H,18,20)(H2,16,21,22);1H. The molecule has 10 heteroatoms. The van der Waals surface area contributed by atoms with Crippen LogP contribution in [-0.4, -0.2) is 59.1 Å². The second kappa shape index (κ2) is 9.35. The molecule has 0 radical (unpaired) electrons. The number of likely N-dealkylation sites (N-methyl/N-ethyl adjacent to an activating group) is 1. The van der Waals surface area contributed by atoms with E-state index in [-0.39, 0.29) is 35.4 Å². The van der Waals surface area contributed by atoms with Crippen LogP contribution in [0.3, 0.4) is 0 Å². The molecule has 1 aliphatic heterocycles. The molecule has 0 aliphatic carbocycles. The van der Waals surface area contributed by atoms with E-state index in [1.807, 2.05) is 7.05 Å². The molecule has 1 heterocycles. The van der Waals surface area contributed by atoms with E-state index in [0.29, 0.717) is 11.8 Å². The summed E-state index contributed by atoms with van der Waals surface area (Å²) in [4.78, 5) is 14.3. The monoisotopic (exact) mass is 392 g/mol. The van der Waals surface area contributed by atoms with E-state index in [1.54, 1.807) is 0 Å². The number of likely N-dealkylation sites (tertiary alicyclic amines) is 1. The van der Waals surface area contributed by atoms with Gasteiger partial charge < -0.3 is 15.4 Å². The third kappa shape index (κ3) is 6.12. The van der Waals surface area contributed by atoms with Crippen molar-refractivity contribution in [2.45, 2.75) is 23.8 Å². The average Bonchev–Trinajstić information content (AvgIpc) is 2.54. The van der Waals surface area contributed by atoms with Crippen LogP contribution in [0.4, 0.5) is 5.69 Å². The molecule has 142 valence electrons. The number of carbonyl (C=O) groups is 1. The minimum Gasteiger partial charge on any atom is -0.495 e. The molecule has 1 unspecified atom stereocenters. The van der Waals surface area contributed by atoms with Crippen LogP contribution in [0, 0.1) is 0 Å². The van der Waals surface area contributed by atoms with Gasteiger partial charge in [-0.1, -0.05) is 0 Å². The highest BCUT2D eigenvalue weighted by atomic mass is 35.5. The topological polar surface area (TPSA) is 114 Å². The molecule has 4 N–H and O–H groups in total. The summed E-state index contributed by atoms with van der Waals surface area (Å²) >= 11 is 0. The summed E-state index contributed by atoms with van der Waals surface area (Å²) in [7, 11) is -0.487. The number of primary sulfonamides is 1. The summed E-state index contributed by atoms with van der Waals surface area (Å²) < 4.78 is 28.1. The highest BCUT2D eigenvalue weighted by molar-refractivity contribution is 7.89. The second-order valence-electron chi connectivity index (χ2n) is 5.82. The maximum atomic E-state index is 12.3. The summed E-state index contributed by atoms with van der Waals surface area (Å²) in [5.41, 5.74) is 0.288. The van der Waals surface area contributed by atoms with Crippen LogP contribution in [0.2, 0.25) is 0 Å². The number of sulfonamides is 1. The maximum Gasteiger partial charge on any atom is 0.238 e. The fourth-order valence-electron chi connectivity index (χ4n) is 2.79. The van der Waals surface area contributed by atoms with Crippen molar-refractivity contribution in [3.05, 3.63) is 18.2 Å². The molecule has 1 fully saturated rings. The van der Waals surface area contributed by atoms with Crippen molar-refractivity contribution in [2.24, 2.45) is 5.14 Å². The number of ether oxygens (including phenoxy) is 1. The minimum absolute atomic E-state index is 0. The summed E-state index contributed by atoms with van der Waals surface area (Å²) in [6, 6.07) is 4.49. The van der Waals surface area contributed by atoms with Crippen molar-refractivity contribution in [2.75, 3.05) is 39.1 Å². The van der Waals surface area contributed by atoms with E-state index in [0.717, 1.165) is 25.9 Å². The third-order valence-corrected chi connectivity index (χ3v) is 4.97. The molecule has 1 aliphatic rings. The van der Waals surface area contributed by atoms with Gasteiger partial charge >= 0.3 is 0 Å². The number of benzene rings is 1. The van der Waals surface area contributed by atoms with E-state index in [2.05, 4.69) is 15.5 Å². The Morgan fingerprint density at radius 1 is 1.44 bits per heavy atom. The van der Waals surface area contributed by atoms with Gasteiger partial charge in [0.25, 0.3) is 0 Å². The quantitative estimate of drug-likeness (QED) is 0.645. The predicted molar refractivity (Wildman–Crippen MR) is 98.8 cm³/mol. The first-order valence-corrected chi connectivity index (χ1v) is 9.28. The Morgan fingerprint density at radius 3 is 2.76 bits per heavy atom. The highest BCUT2D eigenvalue weighted by Crippen LogP contribution is 2.27. The van der Waals surface area contributed by atoms with E-state index in [1.165, 1.54) is 25.3 Å². The molecule has 1 atom stereocenters. The first kappa shape index (κ1) is 21.7. The van der Waals surface area contributed by atoms with Crippen molar-refractivity contribution in [1.82, 2.24) is 10.2 Å². The number of hydrogen-bond acceptors (Lipinski definition) is 6. The zero-order valence-electron chi connectivity index (χ0n) is 14.3. The zero-order valence-corrected chi connectivity index (χ0v) is 16.0. The van der Waals surface area contributed by atoms with Crippen LogP contribution in [0.15, 0.2) is 23.1 Å². The van der Waals surface area contributed by atoms with E-state index >= 15 is 0 Å². The number of rotatable bonds is 6. The van der Waals surface area contributed by atoms with Gasteiger partial charge in [-0.05, 0) is 44.6 Å². The van der Waals surface area contributed by atoms with E-state index in [9.17, 15) is 13.2 Å². The molecule has 8 nitrogen and oxygen atoms in total. The molecule has 0 bridgehead atoms. The molecular formula is C15H25ClN4O4S. The molecule has 1 aromatic rings. The number of nitrogens with one attached hydrogen (secondary N) is 2. The minimum atomic E-state index is -3.85. The molecule has 0 aromatic heterocycles. The summed E-state index contributed by atoms with van der Waals surface area (Å²) in [5, 5.41) is 11.1. The first-order valence-electron chi connectivity index (χ1n) is 7.74. The van der Waals surface area contributed by atoms with Gasteiger partial charge in [-0.3, -0.25) is 9.69 Å².